The number of amidine groups is 1. The molecule has 0 aliphatic carbocycles. The first-order valence-electron chi connectivity index (χ1n) is 5.80. The van der Waals surface area contributed by atoms with Crippen molar-refractivity contribution in [1.29, 1.82) is 0 Å². The molecule has 0 radical (unpaired) electrons. The Bertz CT molecular complexity index is 538. The highest BCUT2D eigenvalue weighted by molar-refractivity contribution is 7.92. The number of nitrogens with zero attached hydrogens (tertiary/aromatic N) is 2. The second-order valence-corrected chi connectivity index (χ2v) is 5.73. The fourth-order valence-electron chi connectivity index (χ4n) is 1.70. The molecule has 0 heterocycles. The molecular weight excluding hydrogens is 266 g/mol. The minimum atomic E-state index is -3.25. The largest absolute Gasteiger partial charge is 0.398 e. The molecule has 0 saturated heterocycles. The maximum atomic E-state index is 11.1. The molecule has 0 saturated carbocycles. The average Bonchev–Trinajstić information content (AvgIpc) is 2.30. The molecule has 7 heteroatoms. The maximum Gasteiger partial charge on any atom is 0.229 e. The van der Waals surface area contributed by atoms with Crippen molar-refractivity contribution in [3.8, 4) is 0 Å². The summed E-state index contributed by atoms with van der Waals surface area (Å²) in [5.74, 6) is 0.730. The molecule has 0 bridgehead atoms. The maximum absolute atomic E-state index is 11.1. The summed E-state index contributed by atoms with van der Waals surface area (Å²) in [6.07, 6.45) is 1.12. The van der Waals surface area contributed by atoms with Crippen molar-refractivity contribution in [1.82, 2.24) is 0 Å². The van der Waals surface area contributed by atoms with Crippen LogP contribution in [0.25, 0.3) is 0 Å². The molecule has 0 unspecified atom stereocenters. The van der Waals surface area contributed by atoms with Crippen LogP contribution < -0.4 is 9.62 Å². The third kappa shape index (κ3) is 4.78. The third-order valence-electron chi connectivity index (χ3n) is 2.41. The van der Waals surface area contributed by atoms with Crippen LogP contribution in [0.3, 0.4) is 0 Å². The number of benzene rings is 1. The number of hydrogen-bond acceptors (Lipinski definition) is 4. The molecule has 0 amide bonds. The van der Waals surface area contributed by atoms with E-state index in [0.29, 0.717) is 5.69 Å². The van der Waals surface area contributed by atoms with Gasteiger partial charge in [-0.25, -0.2) is 8.42 Å². The topological polar surface area (TPSA) is 71.0 Å². The SMILES string of the molecule is CCN(C(C)=NOC)c1ccc(NS(C)(=O)=O)cc1. The Balaban J connectivity index is 2.94. The van der Waals surface area contributed by atoms with Gasteiger partial charge in [-0.1, -0.05) is 5.16 Å². The summed E-state index contributed by atoms with van der Waals surface area (Å²) in [5, 5.41) is 3.89. The standard InChI is InChI=1S/C12H19N3O3S/c1-5-15(10(2)13-18-3)12-8-6-11(7-9-12)14-19(4,16)17/h6-9,14H,5H2,1-4H3. The summed E-state index contributed by atoms with van der Waals surface area (Å²) >= 11 is 0. The fraction of sp³-hybridized carbons (Fsp3) is 0.417. The molecule has 0 aromatic heterocycles. The molecule has 0 aliphatic rings. The van der Waals surface area contributed by atoms with Gasteiger partial charge in [0.2, 0.25) is 10.0 Å². The molecule has 0 spiro atoms. The smallest absolute Gasteiger partial charge is 0.229 e. The van der Waals surface area contributed by atoms with Gasteiger partial charge < -0.3 is 9.74 Å². The number of oxime groups is 1. The van der Waals surface area contributed by atoms with E-state index in [4.69, 9.17) is 4.84 Å². The fourth-order valence-corrected chi connectivity index (χ4v) is 2.27. The van der Waals surface area contributed by atoms with Crippen molar-refractivity contribution in [2.45, 2.75) is 13.8 Å². The van der Waals surface area contributed by atoms with Crippen LogP contribution in [-0.2, 0) is 14.9 Å². The van der Waals surface area contributed by atoms with Gasteiger partial charge in [0.25, 0.3) is 0 Å². The quantitative estimate of drug-likeness (QED) is 0.509. The van der Waals surface area contributed by atoms with Gasteiger partial charge in [-0.15, -0.1) is 0 Å². The van der Waals surface area contributed by atoms with E-state index in [-0.39, 0.29) is 0 Å². The normalized spacial score (nSPS) is 12.1. The first-order chi connectivity index (χ1) is 8.87. The zero-order valence-electron chi connectivity index (χ0n) is 11.5. The molecule has 0 fully saturated rings. The van der Waals surface area contributed by atoms with Crippen LogP contribution in [0, 0.1) is 0 Å². The molecule has 0 aliphatic heterocycles. The monoisotopic (exact) mass is 285 g/mol. The van der Waals surface area contributed by atoms with Crippen molar-refractivity contribution in [3.63, 3.8) is 0 Å². The molecule has 19 heavy (non-hydrogen) atoms. The Kier molecular flexibility index (Phi) is 5.17. The van der Waals surface area contributed by atoms with Crippen LogP contribution >= 0.6 is 0 Å². The van der Waals surface area contributed by atoms with E-state index in [2.05, 4.69) is 9.88 Å². The van der Waals surface area contributed by atoms with Gasteiger partial charge in [-0.2, -0.15) is 0 Å². The lowest BCUT2D eigenvalue weighted by molar-refractivity contribution is 0.212. The molecule has 1 aromatic rings. The minimum absolute atomic E-state index is 0.531. The summed E-state index contributed by atoms with van der Waals surface area (Å²) < 4.78 is 24.6. The molecule has 0 atom stereocenters. The van der Waals surface area contributed by atoms with E-state index in [1.165, 1.54) is 7.11 Å². The lowest BCUT2D eigenvalue weighted by Gasteiger charge is -2.22. The highest BCUT2D eigenvalue weighted by Gasteiger charge is 2.09. The summed E-state index contributed by atoms with van der Waals surface area (Å²) in [5.41, 5.74) is 1.45. The highest BCUT2D eigenvalue weighted by Crippen LogP contribution is 2.19. The molecular formula is C12H19N3O3S. The summed E-state index contributed by atoms with van der Waals surface area (Å²) in [4.78, 5) is 6.70. The van der Waals surface area contributed by atoms with Crippen molar-refractivity contribution in [2.75, 3.05) is 29.5 Å². The first-order valence-corrected chi connectivity index (χ1v) is 7.69. The Morgan fingerprint density at radius 3 is 2.37 bits per heavy atom. The third-order valence-corrected chi connectivity index (χ3v) is 3.02. The van der Waals surface area contributed by atoms with Crippen molar-refractivity contribution in [2.24, 2.45) is 5.16 Å². The van der Waals surface area contributed by atoms with E-state index < -0.39 is 10.0 Å². The number of anilines is 2. The number of nitrogens with one attached hydrogen (secondary N) is 1. The van der Waals surface area contributed by atoms with Gasteiger partial charge in [-0.3, -0.25) is 4.72 Å². The van der Waals surface area contributed by atoms with E-state index in [1.807, 2.05) is 30.9 Å². The van der Waals surface area contributed by atoms with E-state index in [0.717, 1.165) is 24.3 Å². The van der Waals surface area contributed by atoms with Gasteiger partial charge in [0, 0.05) is 17.9 Å². The zero-order chi connectivity index (χ0) is 14.5. The number of rotatable bonds is 5. The van der Waals surface area contributed by atoms with Gasteiger partial charge in [0.05, 0.1) is 6.26 Å². The van der Waals surface area contributed by atoms with Crippen LogP contribution in [0.4, 0.5) is 11.4 Å². The molecule has 1 N–H and O–H groups in total. The van der Waals surface area contributed by atoms with Crippen LogP contribution in [0.15, 0.2) is 29.4 Å². The molecule has 6 nitrogen and oxygen atoms in total. The van der Waals surface area contributed by atoms with E-state index in [9.17, 15) is 8.42 Å². The van der Waals surface area contributed by atoms with Gasteiger partial charge in [0.15, 0.2) is 0 Å². The van der Waals surface area contributed by atoms with Gasteiger partial charge >= 0.3 is 0 Å². The molecule has 1 aromatic carbocycles. The lowest BCUT2D eigenvalue weighted by Crippen LogP contribution is -2.28. The second-order valence-electron chi connectivity index (χ2n) is 3.99. The lowest BCUT2D eigenvalue weighted by atomic mass is 10.2. The average molecular weight is 285 g/mol. The Labute approximate surface area is 114 Å². The van der Waals surface area contributed by atoms with E-state index in [1.54, 1.807) is 12.1 Å². The minimum Gasteiger partial charge on any atom is -0.398 e. The first kappa shape index (κ1) is 15.3. The summed E-state index contributed by atoms with van der Waals surface area (Å²) in [6, 6.07) is 7.07. The zero-order valence-corrected chi connectivity index (χ0v) is 12.4. The summed E-state index contributed by atoms with van der Waals surface area (Å²) in [7, 11) is -1.75. The van der Waals surface area contributed by atoms with Crippen molar-refractivity contribution in [3.05, 3.63) is 24.3 Å². The second kappa shape index (κ2) is 6.42. The number of hydrogen-bond donors (Lipinski definition) is 1. The molecule has 106 valence electrons. The predicted molar refractivity (Wildman–Crippen MR) is 78.0 cm³/mol. The van der Waals surface area contributed by atoms with Crippen molar-refractivity contribution < 1.29 is 13.3 Å². The summed E-state index contributed by atoms with van der Waals surface area (Å²) in [6.45, 7) is 4.57. The van der Waals surface area contributed by atoms with E-state index >= 15 is 0 Å². The van der Waals surface area contributed by atoms with Gasteiger partial charge in [-0.05, 0) is 38.1 Å². The van der Waals surface area contributed by atoms with Crippen LogP contribution in [0.5, 0.6) is 0 Å². The highest BCUT2D eigenvalue weighted by atomic mass is 32.2. The van der Waals surface area contributed by atoms with Crippen molar-refractivity contribution >= 4 is 27.2 Å². The Morgan fingerprint density at radius 1 is 1.37 bits per heavy atom. The Hall–Kier alpha value is -1.76. The predicted octanol–water partition coefficient (Wildman–Crippen LogP) is 1.86. The molecule has 1 rings (SSSR count). The number of sulfonamides is 1. The van der Waals surface area contributed by atoms with Crippen LogP contribution in [-0.4, -0.2) is 34.2 Å². The van der Waals surface area contributed by atoms with Gasteiger partial charge in [0.1, 0.15) is 12.9 Å². The van der Waals surface area contributed by atoms with Crippen LogP contribution in [0.1, 0.15) is 13.8 Å². The Morgan fingerprint density at radius 2 is 1.95 bits per heavy atom. The van der Waals surface area contributed by atoms with Crippen LogP contribution in [0.2, 0.25) is 0 Å².